The monoisotopic (exact) mass is 220 g/mol. The molecule has 1 aromatic rings. The third-order valence-corrected chi connectivity index (χ3v) is 3.01. The highest BCUT2D eigenvalue weighted by molar-refractivity contribution is 5.36. The molecule has 16 heavy (non-hydrogen) atoms. The lowest BCUT2D eigenvalue weighted by molar-refractivity contribution is 0.466. The SMILES string of the molecule is CCCCCc1cc(CCCC)ccc1O. The first kappa shape index (κ1) is 13.1. The van der Waals surface area contributed by atoms with Crippen LogP contribution >= 0.6 is 0 Å². The molecule has 1 aromatic carbocycles. The summed E-state index contributed by atoms with van der Waals surface area (Å²) in [6.45, 7) is 4.42. The second-order valence-electron chi connectivity index (χ2n) is 4.52. The zero-order chi connectivity index (χ0) is 11.8. The van der Waals surface area contributed by atoms with Crippen molar-refractivity contribution in [2.75, 3.05) is 0 Å². The lowest BCUT2D eigenvalue weighted by Gasteiger charge is -2.07. The Kier molecular flexibility index (Phi) is 5.99. The van der Waals surface area contributed by atoms with Crippen molar-refractivity contribution in [3.8, 4) is 5.75 Å². The highest BCUT2D eigenvalue weighted by Gasteiger charge is 2.02. The number of aryl methyl sites for hydroxylation is 2. The summed E-state index contributed by atoms with van der Waals surface area (Å²) in [6, 6.07) is 6.08. The molecule has 1 heteroatoms. The molecule has 0 spiro atoms. The van der Waals surface area contributed by atoms with Crippen molar-refractivity contribution in [2.45, 2.75) is 58.8 Å². The molecule has 1 nitrogen and oxygen atoms in total. The zero-order valence-electron chi connectivity index (χ0n) is 10.6. The zero-order valence-corrected chi connectivity index (χ0v) is 10.6. The molecule has 0 aromatic heterocycles. The van der Waals surface area contributed by atoms with Gasteiger partial charge in [-0.05, 0) is 42.9 Å². The summed E-state index contributed by atoms with van der Waals surface area (Å²) in [5, 5.41) is 9.76. The normalized spacial score (nSPS) is 10.6. The Labute approximate surface area is 99.5 Å². The van der Waals surface area contributed by atoms with Crippen LogP contribution in [0.2, 0.25) is 0 Å². The smallest absolute Gasteiger partial charge is 0.118 e. The second kappa shape index (κ2) is 7.32. The van der Waals surface area contributed by atoms with Gasteiger partial charge in [0.25, 0.3) is 0 Å². The van der Waals surface area contributed by atoms with Gasteiger partial charge in [0, 0.05) is 0 Å². The Morgan fingerprint density at radius 1 is 0.938 bits per heavy atom. The molecule has 0 amide bonds. The number of aromatic hydroxyl groups is 1. The van der Waals surface area contributed by atoms with Crippen molar-refractivity contribution in [3.05, 3.63) is 29.3 Å². The van der Waals surface area contributed by atoms with E-state index < -0.39 is 0 Å². The summed E-state index contributed by atoms with van der Waals surface area (Å²) in [5.74, 6) is 0.469. The maximum absolute atomic E-state index is 9.76. The van der Waals surface area contributed by atoms with E-state index in [0.717, 1.165) is 18.4 Å². The summed E-state index contributed by atoms with van der Waals surface area (Å²) in [4.78, 5) is 0. The van der Waals surface area contributed by atoms with Gasteiger partial charge in [-0.1, -0.05) is 45.2 Å². The summed E-state index contributed by atoms with van der Waals surface area (Å²) < 4.78 is 0. The minimum Gasteiger partial charge on any atom is -0.508 e. The first-order valence-electron chi connectivity index (χ1n) is 6.58. The van der Waals surface area contributed by atoms with Gasteiger partial charge in [-0.3, -0.25) is 0 Å². The van der Waals surface area contributed by atoms with Crippen LogP contribution in [0.4, 0.5) is 0 Å². The molecule has 90 valence electrons. The third kappa shape index (κ3) is 4.26. The average Bonchev–Trinajstić information content (AvgIpc) is 2.30. The van der Waals surface area contributed by atoms with Crippen molar-refractivity contribution in [2.24, 2.45) is 0 Å². The number of phenolic OH excluding ortho intramolecular Hbond substituents is 1. The van der Waals surface area contributed by atoms with Crippen LogP contribution in [0.15, 0.2) is 18.2 Å². The molecule has 0 aliphatic rings. The van der Waals surface area contributed by atoms with E-state index in [1.807, 2.05) is 12.1 Å². The third-order valence-electron chi connectivity index (χ3n) is 3.01. The molecular formula is C15H24O. The Morgan fingerprint density at radius 2 is 1.69 bits per heavy atom. The van der Waals surface area contributed by atoms with E-state index in [-0.39, 0.29) is 0 Å². The lowest BCUT2D eigenvalue weighted by Crippen LogP contribution is -1.91. The predicted molar refractivity (Wildman–Crippen MR) is 69.9 cm³/mol. The van der Waals surface area contributed by atoms with Gasteiger partial charge in [-0.15, -0.1) is 0 Å². The standard InChI is InChI=1S/C15H24O/c1-3-5-7-9-14-12-13(8-6-4-2)10-11-15(14)16/h10-12,16H,3-9H2,1-2H3. The Balaban J connectivity index is 2.59. The highest BCUT2D eigenvalue weighted by Crippen LogP contribution is 2.21. The second-order valence-corrected chi connectivity index (χ2v) is 4.52. The maximum atomic E-state index is 9.76. The van der Waals surface area contributed by atoms with Gasteiger partial charge in [0.2, 0.25) is 0 Å². The number of unbranched alkanes of at least 4 members (excludes halogenated alkanes) is 3. The Morgan fingerprint density at radius 3 is 2.38 bits per heavy atom. The number of hydrogen-bond acceptors (Lipinski definition) is 1. The van der Waals surface area contributed by atoms with Crippen molar-refractivity contribution in [3.63, 3.8) is 0 Å². The summed E-state index contributed by atoms with van der Waals surface area (Å²) in [5.41, 5.74) is 2.49. The summed E-state index contributed by atoms with van der Waals surface area (Å²) in [6.07, 6.45) is 8.28. The van der Waals surface area contributed by atoms with Crippen molar-refractivity contribution >= 4 is 0 Å². The van der Waals surface area contributed by atoms with Crippen LogP contribution in [0.1, 0.15) is 57.1 Å². The first-order valence-corrected chi connectivity index (χ1v) is 6.58. The van der Waals surface area contributed by atoms with E-state index in [0.29, 0.717) is 5.75 Å². The van der Waals surface area contributed by atoms with Gasteiger partial charge in [0.15, 0.2) is 0 Å². The number of benzene rings is 1. The molecular weight excluding hydrogens is 196 g/mol. The van der Waals surface area contributed by atoms with Gasteiger partial charge < -0.3 is 5.11 Å². The molecule has 0 bridgehead atoms. The predicted octanol–water partition coefficient (Wildman–Crippen LogP) is 4.47. The molecule has 0 aliphatic heterocycles. The highest BCUT2D eigenvalue weighted by atomic mass is 16.3. The minimum absolute atomic E-state index is 0.469. The molecule has 0 saturated heterocycles. The molecule has 1 N–H and O–H groups in total. The summed E-state index contributed by atoms with van der Waals surface area (Å²) >= 11 is 0. The molecule has 0 aliphatic carbocycles. The van der Waals surface area contributed by atoms with Gasteiger partial charge >= 0.3 is 0 Å². The number of hydrogen-bond donors (Lipinski definition) is 1. The first-order chi connectivity index (χ1) is 7.77. The summed E-state index contributed by atoms with van der Waals surface area (Å²) in [7, 11) is 0. The molecule has 0 atom stereocenters. The van der Waals surface area contributed by atoms with E-state index in [2.05, 4.69) is 19.9 Å². The van der Waals surface area contributed by atoms with Crippen molar-refractivity contribution < 1.29 is 5.11 Å². The number of phenols is 1. The molecule has 1 rings (SSSR count). The topological polar surface area (TPSA) is 20.2 Å². The lowest BCUT2D eigenvalue weighted by atomic mass is 10.0. The quantitative estimate of drug-likeness (QED) is 0.672. The van der Waals surface area contributed by atoms with E-state index in [1.165, 1.54) is 37.7 Å². The Hall–Kier alpha value is -0.980. The number of rotatable bonds is 7. The molecule has 0 heterocycles. The average molecular weight is 220 g/mol. The van der Waals surface area contributed by atoms with E-state index in [9.17, 15) is 5.11 Å². The van der Waals surface area contributed by atoms with E-state index in [4.69, 9.17) is 0 Å². The fraction of sp³-hybridized carbons (Fsp3) is 0.600. The van der Waals surface area contributed by atoms with Gasteiger partial charge in [0.05, 0.1) is 0 Å². The maximum Gasteiger partial charge on any atom is 0.118 e. The molecule has 0 unspecified atom stereocenters. The van der Waals surface area contributed by atoms with Crippen LogP contribution in [0.5, 0.6) is 5.75 Å². The van der Waals surface area contributed by atoms with Gasteiger partial charge in [0.1, 0.15) is 5.75 Å². The van der Waals surface area contributed by atoms with E-state index in [1.54, 1.807) is 0 Å². The van der Waals surface area contributed by atoms with E-state index >= 15 is 0 Å². The fourth-order valence-corrected chi connectivity index (χ4v) is 1.94. The minimum atomic E-state index is 0.469. The fourth-order valence-electron chi connectivity index (χ4n) is 1.94. The van der Waals surface area contributed by atoms with Crippen LogP contribution < -0.4 is 0 Å². The van der Waals surface area contributed by atoms with Gasteiger partial charge in [-0.2, -0.15) is 0 Å². The molecule has 0 saturated carbocycles. The van der Waals surface area contributed by atoms with Gasteiger partial charge in [-0.25, -0.2) is 0 Å². The van der Waals surface area contributed by atoms with Crippen LogP contribution in [0.3, 0.4) is 0 Å². The van der Waals surface area contributed by atoms with Crippen LogP contribution in [-0.4, -0.2) is 5.11 Å². The van der Waals surface area contributed by atoms with Crippen molar-refractivity contribution in [1.82, 2.24) is 0 Å². The Bertz CT molecular complexity index is 304. The molecule has 0 radical (unpaired) electrons. The van der Waals surface area contributed by atoms with Crippen LogP contribution in [-0.2, 0) is 12.8 Å². The van der Waals surface area contributed by atoms with Crippen molar-refractivity contribution in [1.29, 1.82) is 0 Å². The van der Waals surface area contributed by atoms with Crippen LogP contribution in [0.25, 0.3) is 0 Å². The molecule has 0 fully saturated rings. The van der Waals surface area contributed by atoms with Crippen LogP contribution in [0, 0.1) is 0 Å². The largest absolute Gasteiger partial charge is 0.508 e.